The number of nitrogens with zero attached hydrogens (tertiary/aromatic N) is 1. The van der Waals surface area contributed by atoms with E-state index in [2.05, 4.69) is 40.7 Å². The largest absolute Gasteiger partial charge is 0.344 e. The number of hydrogen-bond donors (Lipinski definition) is 0. The molecule has 2 saturated heterocycles. The first-order valence-corrected chi connectivity index (χ1v) is 11.8. The predicted molar refractivity (Wildman–Crippen MR) is 104 cm³/mol. The molecule has 0 aromatic heterocycles. The summed E-state index contributed by atoms with van der Waals surface area (Å²) in [5.41, 5.74) is -0.171. The van der Waals surface area contributed by atoms with E-state index < -0.39 is 7.52 Å². The Labute approximate surface area is 158 Å². The molecule has 1 unspecified atom stereocenters. The quantitative estimate of drug-likeness (QED) is 0.616. The van der Waals surface area contributed by atoms with Crippen LogP contribution in [0.1, 0.15) is 73.6 Å². The second-order valence-corrected chi connectivity index (χ2v) is 11.5. The predicted octanol–water partition coefficient (Wildman–Crippen LogP) is 5.31. The van der Waals surface area contributed by atoms with Gasteiger partial charge in [0.1, 0.15) is 0 Å². The van der Waals surface area contributed by atoms with E-state index in [0.717, 1.165) is 38.6 Å². The molecule has 3 fully saturated rings. The van der Waals surface area contributed by atoms with Gasteiger partial charge in [-0.05, 0) is 66.7 Å². The molecule has 1 aliphatic carbocycles. The Bertz CT molecular complexity index is 575. The van der Waals surface area contributed by atoms with Gasteiger partial charge in [-0.25, -0.2) is 4.67 Å². The SMILES string of the molecule is C[C@H]1CCN(C(C)(C)C)[P@@](=O)(/C=C/CC2CCC3(C2)O[C@H](C)[C@@H](C)O3)O1. The van der Waals surface area contributed by atoms with Crippen molar-refractivity contribution < 1.29 is 18.6 Å². The lowest BCUT2D eigenvalue weighted by Crippen LogP contribution is -2.43. The van der Waals surface area contributed by atoms with Gasteiger partial charge in [0.2, 0.25) is 0 Å². The zero-order chi connectivity index (χ0) is 19.2. The van der Waals surface area contributed by atoms with Crippen LogP contribution in [0.15, 0.2) is 11.9 Å². The highest BCUT2D eigenvalue weighted by Crippen LogP contribution is 2.59. The second kappa shape index (κ2) is 7.33. The Kier molecular flexibility index (Phi) is 5.79. The van der Waals surface area contributed by atoms with Crippen molar-refractivity contribution in [1.29, 1.82) is 0 Å². The molecule has 0 bridgehead atoms. The van der Waals surface area contributed by atoms with Gasteiger partial charge >= 0.3 is 0 Å². The maximum atomic E-state index is 13.5. The first-order chi connectivity index (χ1) is 12.0. The number of ether oxygens (including phenoxy) is 2. The van der Waals surface area contributed by atoms with Crippen LogP contribution in [0.5, 0.6) is 0 Å². The maximum absolute atomic E-state index is 13.5. The Morgan fingerprint density at radius 1 is 1.15 bits per heavy atom. The molecular weight excluding hydrogens is 349 g/mol. The minimum Gasteiger partial charge on any atom is -0.344 e. The monoisotopic (exact) mass is 385 g/mol. The van der Waals surface area contributed by atoms with Gasteiger partial charge in [-0.15, -0.1) is 0 Å². The van der Waals surface area contributed by atoms with Crippen LogP contribution in [0.2, 0.25) is 0 Å². The summed E-state index contributed by atoms with van der Waals surface area (Å²) >= 11 is 0. The van der Waals surface area contributed by atoms with Crippen LogP contribution in [0.4, 0.5) is 0 Å². The second-order valence-electron chi connectivity index (χ2n) is 9.35. The molecule has 0 aromatic rings. The summed E-state index contributed by atoms with van der Waals surface area (Å²) in [4.78, 5) is 0. The van der Waals surface area contributed by atoms with Gasteiger partial charge in [-0.1, -0.05) is 6.08 Å². The highest BCUT2D eigenvalue weighted by molar-refractivity contribution is 7.59. The molecule has 1 spiro atoms. The van der Waals surface area contributed by atoms with Crippen molar-refractivity contribution in [2.75, 3.05) is 6.54 Å². The Hall–Kier alpha value is -0.190. The molecule has 6 heteroatoms. The lowest BCUT2D eigenvalue weighted by Gasteiger charge is -2.44. The summed E-state index contributed by atoms with van der Waals surface area (Å²) in [6.07, 6.45) is 7.24. The van der Waals surface area contributed by atoms with E-state index in [0.29, 0.717) is 5.92 Å². The summed E-state index contributed by atoms with van der Waals surface area (Å²) in [6, 6.07) is 0. The summed E-state index contributed by atoms with van der Waals surface area (Å²) < 4.78 is 33.7. The number of rotatable bonds is 3. The van der Waals surface area contributed by atoms with E-state index in [1.54, 1.807) is 0 Å². The molecule has 0 aromatic carbocycles. The van der Waals surface area contributed by atoms with E-state index in [1.165, 1.54) is 0 Å². The minimum atomic E-state index is -2.92. The molecule has 0 N–H and O–H groups in total. The third-order valence-corrected chi connectivity index (χ3v) is 8.67. The fraction of sp³-hybridized carbons (Fsp3) is 0.900. The van der Waals surface area contributed by atoms with E-state index >= 15 is 0 Å². The van der Waals surface area contributed by atoms with Gasteiger partial charge in [0.05, 0.1) is 18.3 Å². The first-order valence-electron chi connectivity index (χ1n) is 10.1. The van der Waals surface area contributed by atoms with Gasteiger partial charge in [-0.2, -0.15) is 0 Å². The fourth-order valence-corrected chi connectivity index (χ4v) is 7.03. The Morgan fingerprint density at radius 2 is 1.81 bits per heavy atom. The van der Waals surface area contributed by atoms with Crippen molar-refractivity contribution in [2.45, 2.75) is 103 Å². The zero-order valence-corrected chi connectivity index (χ0v) is 18.1. The third kappa shape index (κ3) is 4.28. The molecule has 26 heavy (non-hydrogen) atoms. The van der Waals surface area contributed by atoms with Crippen molar-refractivity contribution in [3.8, 4) is 0 Å². The third-order valence-electron chi connectivity index (χ3n) is 5.95. The smallest absolute Gasteiger partial charge is 0.295 e. The van der Waals surface area contributed by atoms with Crippen LogP contribution in [-0.2, 0) is 18.6 Å². The van der Waals surface area contributed by atoms with Gasteiger partial charge in [0.15, 0.2) is 5.79 Å². The molecule has 0 radical (unpaired) electrons. The van der Waals surface area contributed by atoms with E-state index in [1.807, 2.05) is 17.4 Å². The topological polar surface area (TPSA) is 48.0 Å². The van der Waals surface area contributed by atoms with Gasteiger partial charge in [-0.3, -0.25) is 4.57 Å². The van der Waals surface area contributed by atoms with Crippen LogP contribution < -0.4 is 0 Å². The average Bonchev–Trinajstić information content (AvgIpc) is 3.00. The van der Waals surface area contributed by atoms with Crippen LogP contribution in [-0.4, -0.2) is 40.9 Å². The number of allylic oxidation sites excluding steroid dienone is 1. The molecule has 2 heterocycles. The van der Waals surface area contributed by atoms with Gasteiger partial charge < -0.3 is 14.0 Å². The Morgan fingerprint density at radius 3 is 2.42 bits per heavy atom. The summed E-state index contributed by atoms with van der Waals surface area (Å²) in [5.74, 6) is 1.98. The van der Waals surface area contributed by atoms with Crippen LogP contribution in [0.25, 0.3) is 0 Å². The highest BCUT2D eigenvalue weighted by Gasteiger charge is 2.49. The van der Waals surface area contributed by atoms with Gasteiger partial charge in [0.25, 0.3) is 7.52 Å². The molecule has 150 valence electrons. The van der Waals surface area contributed by atoms with Crippen molar-refractivity contribution in [2.24, 2.45) is 5.92 Å². The molecular formula is C20H36NO4P. The van der Waals surface area contributed by atoms with Crippen LogP contribution in [0, 0.1) is 5.92 Å². The van der Waals surface area contributed by atoms with Gasteiger partial charge in [0, 0.05) is 30.7 Å². The molecule has 1 saturated carbocycles. The lowest BCUT2D eigenvalue weighted by atomic mass is 10.0. The van der Waals surface area contributed by atoms with Crippen molar-refractivity contribution >= 4 is 7.52 Å². The lowest BCUT2D eigenvalue weighted by molar-refractivity contribution is -0.168. The molecule has 0 amide bonds. The summed E-state index contributed by atoms with van der Waals surface area (Å²) in [5, 5.41) is 0. The first kappa shape index (κ1) is 20.5. The van der Waals surface area contributed by atoms with Crippen LogP contribution >= 0.6 is 7.52 Å². The van der Waals surface area contributed by atoms with Crippen LogP contribution in [0.3, 0.4) is 0 Å². The Balaban J connectivity index is 1.61. The average molecular weight is 385 g/mol. The van der Waals surface area contributed by atoms with Crippen molar-refractivity contribution in [3.63, 3.8) is 0 Å². The molecule has 5 nitrogen and oxygen atoms in total. The molecule has 5 atom stereocenters. The number of hydrogen-bond acceptors (Lipinski definition) is 4. The van der Waals surface area contributed by atoms with Crippen molar-refractivity contribution in [1.82, 2.24) is 4.67 Å². The van der Waals surface area contributed by atoms with E-state index in [4.69, 9.17) is 14.0 Å². The normalized spacial score (nSPS) is 41.5. The molecule has 3 aliphatic rings. The summed E-state index contributed by atoms with van der Waals surface area (Å²) in [6.45, 7) is 13.3. The fourth-order valence-electron chi connectivity index (χ4n) is 4.45. The summed E-state index contributed by atoms with van der Waals surface area (Å²) in [7, 11) is -2.92. The van der Waals surface area contributed by atoms with E-state index in [-0.39, 0.29) is 29.6 Å². The maximum Gasteiger partial charge on any atom is 0.295 e. The zero-order valence-electron chi connectivity index (χ0n) is 17.2. The standard InChI is InChI=1S/C20H36NO4P/c1-15-10-12-21(19(4,5)6)26(22,25-15)13-7-8-18-9-11-20(14-18)23-16(2)17(3)24-20/h7,13,15-18H,8-12,14H2,1-6H3/b13-7+/t15-,16+,17+,18?,26+/m0/s1. The molecule has 3 rings (SSSR count). The van der Waals surface area contributed by atoms with E-state index in [9.17, 15) is 4.57 Å². The van der Waals surface area contributed by atoms with Crippen molar-refractivity contribution in [3.05, 3.63) is 11.9 Å². The highest BCUT2D eigenvalue weighted by atomic mass is 31.2. The minimum absolute atomic E-state index is 0.0436. The molecule has 2 aliphatic heterocycles.